The molecule has 25 heavy (non-hydrogen) atoms. The maximum absolute atomic E-state index is 11.9. The molecule has 1 heterocycles. The molecular weight excluding hydrogens is 390 g/mol. The summed E-state index contributed by atoms with van der Waals surface area (Å²) in [6.07, 6.45) is 0.871. The van der Waals surface area contributed by atoms with Gasteiger partial charge in [-0.3, -0.25) is 9.11 Å². The van der Waals surface area contributed by atoms with Crippen molar-refractivity contribution in [3.63, 3.8) is 0 Å². The fourth-order valence-electron chi connectivity index (χ4n) is 1.94. The minimum atomic E-state index is -4.67. The number of thiophene rings is 1. The van der Waals surface area contributed by atoms with Crippen LogP contribution in [0.4, 0.5) is 0 Å². The molecular formula is C15H18ClNO6S2. The van der Waals surface area contributed by atoms with Gasteiger partial charge in [-0.25, -0.2) is 4.79 Å². The Labute approximate surface area is 155 Å². The normalized spacial score (nSPS) is 12.0. The molecule has 10 heteroatoms. The number of carbonyl (C=O) groups is 1. The predicted octanol–water partition coefficient (Wildman–Crippen LogP) is 2.80. The lowest BCUT2D eigenvalue weighted by atomic mass is 10.1. The molecule has 0 aliphatic carbocycles. The Hall–Kier alpha value is -1.49. The molecule has 2 rings (SSSR count). The fourth-order valence-corrected chi connectivity index (χ4v) is 2.90. The van der Waals surface area contributed by atoms with Gasteiger partial charge in [0.25, 0.3) is 0 Å². The maximum Gasteiger partial charge on any atom is 0.394 e. The van der Waals surface area contributed by atoms with E-state index in [1.54, 1.807) is 17.4 Å². The number of nitrogens with one attached hydrogen (secondary N) is 1. The quantitative estimate of drug-likeness (QED) is 0.498. The van der Waals surface area contributed by atoms with Gasteiger partial charge in [-0.15, -0.1) is 11.3 Å². The first-order chi connectivity index (χ1) is 11.7. The van der Waals surface area contributed by atoms with E-state index in [0.29, 0.717) is 11.6 Å². The molecule has 0 aliphatic rings. The van der Waals surface area contributed by atoms with Gasteiger partial charge in [0.2, 0.25) is 0 Å². The first-order valence-electron chi connectivity index (χ1n) is 7.00. The van der Waals surface area contributed by atoms with Gasteiger partial charge in [0.1, 0.15) is 6.04 Å². The third-order valence-electron chi connectivity index (χ3n) is 2.95. The van der Waals surface area contributed by atoms with Crippen LogP contribution in [0.3, 0.4) is 0 Å². The molecule has 138 valence electrons. The molecule has 0 radical (unpaired) electrons. The Kier molecular flexibility index (Phi) is 9.04. The van der Waals surface area contributed by atoms with Crippen molar-refractivity contribution >= 4 is 39.3 Å². The van der Waals surface area contributed by atoms with Crippen molar-refractivity contribution in [2.45, 2.75) is 12.5 Å². The molecule has 1 atom stereocenters. The molecule has 0 unspecified atom stereocenters. The van der Waals surface area contributed by atoms with Gasteiger partial charge in [-0.1, -0.05) is 35.9 Å². The van der Waals surface area contributed by atoms with Gasteiger partial charge in [-0.05, 0) is 29.5 Å². The van der Waals surface area contributed by atoms with Crippen LogP contribution in [0.25, 0.3) is 0 Å². The molecule has 0 aliphatic heterocycles. The van der Waals surface area contributed by atoms with Gasteiger partial charge in [0, 0.05) is 16.4 Å². The van der Waals surface area contributed by atoms with E-state index < -0.39 is 16.4 Å². The highest BCUT2D eigenvalue weighted by Gasteiger charge is 2.22. The van der Waals surface area contributed by atoms with Crippen molar-refractivity contribution in [1.29, 1.82) is 0 Å². The summed E-state index contributed by atoms with van der Waals surface area (Å²) < 4.78 is 36.4. The number of benzene rings is 1. The van der Waals surface area contributed by atoms with Crippen LogP contribution in [0.15, 0.2) is 41.8 Å². The molecule has 2 aromatic rings. The Morgan fingerprint density at radius 3 is 2.44 bits per heavy atom. The minimum Gasteiger partial charge on any atom is -0.468 e. The Bertz CT molecular complexity index is 756. The SMILES string of the molecule is COC(=O)[C@H](NCCc1cccs1)c1ccccc1Cl.O=S(=O)(O)O. The first-order valence-corrected chi connectivity index (χ1v) is 9.65. The summed E-state index contributed by atoms with van der Waals surface area (Å²) in [4.78, 5) is 13.2. The van der Waals surface area contributed by atoms with Crippen LogP contribution in [-0.2, 0) is 26.4 Å². The van der Waals surface area contributed by atoms with E-state index in [4.69, 9.17) is 33.9 Å². The summed E-state index contributed by atoms with van der Waals surface area (Å²) in [5.74, 6) is -0.329. The molecule has 0 spiro atoms. The standard InChI is InChI=1S/C15H16ClNO2S.H2O4S/c1-19-15(18)14(12-6-2-3-7-13(12)16)17-9-8-11-5-4-10-20-11;1-5(2,3)4/h2-7,10,14,17H,8-9H2,1H3;(H2,1,2,3,4)/t14-;/m1./s1. The van der Waals surface area contributed by atoms with Gasteiger partial charge in [0.05, 0.1) is 7.11 Å². The zero-order valence-corrected chi connectivity index (χ0v) is 15.6. The largest absolute Gasteiger partial charge is 0.468 e. The van der Waals surface area contributed by atoms with E-state index in [-0.39, 0.29) is 5.97 Å². The van der Waals surface area contributed by atoms with E-state index in [1.165, 1.54) is 12.0 Å². The van der Waals surface area contributed by atoms with E-state index in [1.807, 2.05) is 29.6 Å². The van der Waals surface area contributed by atoms with E-state index in [2.05, 4.69) is 11.4 Å². The van der Waals surface area contributed by atoms with Crippen LogP contribution in [0, 0.1) is 0 Å². The molecule has 0 fully saturated rings. The molecule has 1 aromatic carbocycles. The lowest BCUT2D eigenvalue weighted by molar-refractivity contribution is -0.143. The number of ether oxygens (including phenoxy) is 1. The second-order valence-electron chi connectivity index (χ2n) is 4.71. The van der Waals surface area contributed by atoms with Crippen molar-refractivity contribution in [3.05, 3.63) is 57.2 Å². The topological polar surface area (TPSA) is 113 Å². The first kappa shape index (κ1) is 21.6. The molecule has 0 saturated heterocycles. The monoisotopic (exact) mass is 407 g/mol. The van der Waals surface area contributed by atoms with Crippen LogP contribution in [-0.4, -0.2) is 37.1 Å². The zero-order valence-electron chi connectivity index (χ0n) is 13.3. The molecule has 0 amide bonds. The highest BCUT2D eigenvalue weighted by Crippen LogP contribution is 2.23. The lowest BCUT2D eigenvalue weighted by Crippen LogP contribution is -2.31. The number of methoxy groups -OCH3 is 1. The summed E-state index contributed by atoms with van der Waals surface area (Å²) in [5.41, 5.74) is 0.743. The Morgan fingerprint density at radius 1 is 1.28 bits per heavy atom. The zero-order chi connectivity index (χ0) is 18.9. The fraction of sp³-hybridized carbons (Fsp3) is 0.267. The number of hydrogen-bond acceptors (Lipinski definition) is 6. The third kappa shape index (κ3) is 8.96. The highest BCUT2D eigenvalue weighted by molar-refractivity contribution is 7.79. The number of carbonyl (C=O) groups excluding carboxylic acids is 1. The second-order valence-corrected chi connectivity index (χ2v) is 7.04. The van der Waals surface area contributed by atoms with Crippen LogP contribution in [0.2, 0.25) is 5.02 Å². The Morgan fingerprint density at radius 2 is 1.92 bits per heavy atom. The van der Waals surface area contributed by atoms with E-state index in [0.717, 1.165) is 12.0 Å². The summed E-state index contributed by atoms with van der Waals surface area (Å²) >= 11 is 7.86. The lowest BCUT2D eigenvalue weighted by Gasteiger charge is -2.17. The Balaban J connectivity index is 0.000000550. The summed E-state index contributed by atoms with van der Waals surface area (Å²) in [5, 5.41) is 5.82. The highest BCUT2D eigenvalue weighted by atomic mass is 35.5. The second kappa shape index (κ2) is 10.5. The van der Waals surface area contributed by atoms with E-state index in [9.17, 15) is 4.79 Å². The average Bonchev–Trinajstić information content (AvgIpc) is 3.04. The predicted molar refractivity (Wildman–Crippen MR) is 96.4 cm³/mol. The van der Waals surface area contributed by atoms with Gasteiger partial charge in [-0.2, -0.15) is 8.42 Å². The maximum atomic E-state index is 11.9. The molecule has 0 saturated carbocycles. The third-order valence-corrected chi connectivity index (χ3v) is 4.23. The van der Waals surface area contributed by atoms with Gasteiger partial charge >= 0.3 is 16.4 Å². The van der Waals surface area contributed by atoms with Gasteiger partial charge in [0.15, 0.2) is 0 Å². The van der Waals surface area contributed by atoms with Crippen LogP contribution >= 0.6 is 22.9 Å². The average molecular weight is 408 g/mol. The van der Waals surface area contributed by atoms with Crippen LogP contribution in [0.1, 0.15) is 16.5 Å². The van der Waals surface area contributed by atoms with Crippen LogP contribution in [0.5, 0.6) is 0 Å². The number of halogens is 1. The summed E-state index contributed by atoms with van der Waals surface area (Å²) in [7, 11) is -3.28. The van der Waals surface area contributed by atoms with Crippen molar-refractivity contribution < 1.29 is 27.1 Å². The minimum absolute atomic E-state index is 0.329. The summed E-state index contributed by atoms with van der Waals surface area (Å²) in [6, 6.07) is 10.9. The van der Waals surface area contributed by atoms with Crippen LogP contribution < -0.4 is 5.32 Å². The van der Waals surface area contributed by atoms with Crippen molar-refractivity contribution in [2.24, 2.45) is 0 Å². The van der Waals surface area contributed by atoms with Crippen molar-refractivity contribution in [1.82, 2.24) is 5.32 Å². The number of esters is 1. The number of rotatable bonds is 6. The smallest absolute Gasteiger partial charge is 0.394 e. The van der Waals surface area contributed by atoms with Gasteiger partial charge < -0.3 is 10.1 Å². The molecule has 0 bridgehead atoms. The molecule has 3 N–H and O–H groups in total. The van der Waals surface area contributed by atoms with Crippen molar-refractivity contribution in [2.75, 3.05) is 13.7 Å². The number of hydrogen-bond donors (Lipinski definition) is 3. The molecule has 1 aromatic heterocycles. The van der Waals surface area contributed by atoms with Crippen molar-refractivity contribution in [3.8, 4) is 0 Å². The summed E-state index contributed by atoms with van der Waals surface area (Å²) in [6.45, 7) is 0.686. The molecule has 7 nitrogen and oxygen atoms in total. The van der Waals surface area contributed by atoms with E-state index >= 15 is 0 Å².